The zero-order chi connectivity index (χ0) is 20.3. The molecule has 0 amide bonds. The largest absolute Gasteiger partial charge is 0.379 e. The Morgan fingerprint density at radius 1 is 1.14 bits per heavy atom. The van der Waals surface area contributed by atoms with Crippen molar-refractivity contribution in [2.75, 3.05) is 45.6 Å². The molecule has 7 nitrogen and oxygen atoms in total. The lowest BCUT2D eigenvalue weighted by atomic mass is 9.89. The van der Waals surface area contributed by atoms with Gasteiger partial charge in [-0.3, -0.25) is 9.80 Å². The maximum atomic E-state index is 12.1. The van der Waals surface area contributed by atoms with Crippen LogP contribution in [-0.2, 0) is 27.7 Å². The minimum atomic E-state index is -3.31. The van der Waals surface area contributed by atoms with Crippen LogP contribution in [-0.4, -0.2) is 79.5 Å². The van der Waals surface area contributed by atoms with Crippen LogP contribution in [0.25, 0.3) is 0 Å². The van der Waals surface area contributed by atoms with Gasteiger partial charge in [0.15, 0.2) is 0 Å². The lowest BCUT2D eigenvalue weighted by Gasteiger charge is -2.41. The summed E-state index contributed by atoms with van der Waals surface area (Å²) >= 11 is 0. The Morgan fingerprint density at radius 2 is 1.79 bits per heavy atom. The molecule has 8 heteroatoms. The first-order valence-corrected chi connectivity index (χ1v) is 12.4. The standard InChI is InChI=1S/C20H36N4O3S/c1-16(2)14-24-19(13-21-20(24)28(4,25)26)15-22-7-5-18(6-8-22)17(3)23-9-11-27-12-10-23/h13,16-18H,5-12,14-15H2,1-4H3. The maximum absolute atomic E-state index is 12.1. The molecule has 0 aliphatic carbocycles. The van der Waals surface area contributed by atoms with Gasteiger partial charge in [0.2, 0.25) is 15.0 Å². The third-order valence-electron chi connectivity index (χ3n) is 6.10. The van der Waals surface area contributed by atoms with Crippen LogP contribution in [0.3, 0.4) is 0 Å². The first-order chi connectivity index (χ1) is 13.3. The van der Waals surface area contributed by atoms with Crippen molar-refractivity contribution >= 4 is 9.84 Å². The van der Waals surface area contributed by atoms with Crippen molar-refractivity contribution in [2.45, 2.75) is 57.9 Å². The van der Waals surface area contributed by atoms with Crippen molar-refractivity contribution in [1.29, 1.82) is 0 Å². The van der Waals surface area contributed by atoms with Gasteiger partial charge in [-0.2, -0.15) is 0 Å². The number of hydrogen-bond donors (Lipinski definition) is 0. The van der Waals surface area contributed by atoms with Crippen molar-refractivity contribution in [2.24, 2.45) is 11.8 Å². The first kappa shape index (κ1) is 21.7. The molecule has 0 bridgehead atoms. The van der Waals surface area contributed by atoms with Gasteiger partial charge in [0.05, 0.1) is 25.1 Å². The number of nitrogens with zero attached hydrogens (tertiary/aromatic N) is 4. The second-order valence-electron chi connectivity index (χ2n) is 8.81. The normalized spacial score (nSPS) is 22.0. The van der Waals surface area contributed by atoms with Gasteiger partial charge in [0, 0.05) is 38.5 Å². The van der Waals surface area contributed by atoms with E-state index in [1.165, 1.54) is 19.1 Å². The van der Waals surface area contributed by atoms with Gasteiger partial charge in [-0.15, -0.1) is 0 Å². The molecule has 1 unspecified atom stereocenters. The zero-order valence-corrected chi connectivity index (χ0v) is 18.6. The van der Waals surface area contributed by atoms with Crippen LogP contribution in [0.5, 0.6) is 0 Å². The number of ether oxygens (including phenoxy) is 1. The smallest absolute Gasteiger partial charge is 0.227 e. The highest BCUT2D eigenvalue weighted by molar-refractivity contribution is 7.90. The highest BCUT2D eigenvalue weighted by Gasteiger charge is 2.29. The summed E-state index contributed by atoms with van der Waals surface area (Å²) in [5.74, 6) is 1.09. The predicted octanol–water partition coefficient (Wildman–Crippen LogP) is 1.88. The number of morpholine rings is 1. The predicted molar refractivity (Wildman–Crippen MR) is 110 cm³/mol. The molecule has 2 fully saturated rings. The first-order valence-electron chi connectivity index (χ1n) is 10.5. The van der Waals surface area contributed by atoms with Crippen LogP contribution < -0.4 is 0 Å². The van der Waals surface area contributed by atoms with Crippen LogP contribution in [0.4, 0.5) is 0 Å². The van der Waals surface area contributed by atoms with Crippen molar-refractivity contribution in [3.63, 3.8) is 0 Å². The van der Waals surface area contributed by atoms with E-state index in [0.29, 0.717) is 18.5 Å². The lowest BCUT2D eigenvalue weighted by Crippen LogP contribution is -2.48. The molecule has 0 N–H and O–H groups in total. The third kappa shape index (κ3) is 5.34. The molecule has 0 radical (unpaired) electrons. The van der Waals surface area contributed by atoms with E-state index >= 15 is 0 Å². The fourth-order valence-electron chi connectivity index (χ4n) is 4.48. The van der Waals surface area contributed by atoms with E-state index < -0.39 is 9.84 Å². The molecule has 3 heterocycles. The van der Waals surface area contributed by atoms with Gasteiger partial charge in [0.1, 0.15) is 0 Å². The Kier molecular flexibility index (Phi) is 7.17. The fourth-order valence-corrected chi connectivity index (χ4v) is 5.32. The second-order valence-corrected chi connectivity index (χ2v) is 10.7. The molecule has 0 saturated carbocycles. The van der Waals surface area contributed by atoms with Gasteiger partial charge >= 0.3 is 0 Å². The Hall–Kier alpha value is -0.960. The number of rotatable bonds is 7. The monoisotopic (exact) mass is 412 g/mol. The van der Waals surface area contributed by atoms with Gasteiger partial charge in [-0.25, -0.2) is 13.4 Å². The summed E-state index contributed by atoms with van der Waals surface area (Å²) in [4.78, 5) is 9.26. The van der Waals surface area contributed by atoms with E-state index in [1.54, 1.807) is 6.20 Å². The van der Waals surface area contributed by atoms with E-state index in [-0.39, 0.29) is 5.16 Å². The number of piperidine rings is 1. The van der Waals surface area contributed by atoms with Crippen LogP contribution in [0.2, 0.25) is 0 Å². The molecule has 1 aromatic heterocycles. The number of hydrogen-bond acceptors (Lipinski definition) is 6. The van der Waals surface area contributed by atoms with Crippen molar-refractivity contribution < 1.29 is 13.2 Å². The van der Waals surface area contributed by atoms with E-state index in [9.17, 15) is 8.42 Å². The molecular formula is C20H36N4O3S. The molecule has 3 rings (SSSR count). The lowest BCUT2D eigenvalue weighted by molar-refractivity contribution is -0.00204. The topological polar surface area (TPSA) is 67.7 Å². The van der Waals surface area contributed by atoms with E-state index in [1.807, 2.05) is 4.57 Å². The minimum absolute atomic E-state index is 0.201. The highest BCUT2D eigenvalue weighted by Crippen LogP contribution is 2.26. The maximum Gasteiger partial charge on any atom is 0.227 e. The molecule has 28 heavy (non-hydrogen) atoms. The summed E-state index contributed by atoms with van der Waals surface area (Å²) in [5.41, 5.74) is 1.01. The molecular weight excluding hydrogens is 376 g/mol. The molecule has 2 saturated heterocycles. The summed E-state index contributed by atoms with van der Waals surface area (Å²) in [7, 11) is -3.31. The van der Waals surface area contributed by atoms with Gasteiger partial charge in [-0.05, 0) is 44.7 Å². The quantitative estimate of drug-likeness (QED) is 0.681. The van der Waals surface area contributed by atoms with Gasteiger partial charge in [-0.1, -0.05) is 13.8 Å². The number of sulfone groups is 1. The van der Waals surface area contributed by atoms with Crippen LogP contribution in [0, 0.1) is 11.8 Å². The van der Waals surface area contributed by atoms with Crippen LogP contribution in [0.15, 0.2) is 11.4 Å². The summed E-state index contributed by atoms with van der Waals surface area (Å²) in [6.45, 7) is 13.9. The van der Waals surface area contributed by atoms with E-state index in [2.05, 4.69) is 35.6 Å². The molecule has 1 atom stereocenters. The summed E-state index contributed by atoms with van der Waals surface area (Å²) in [5, 5.41) is 0.201. The van der Waals surface area contributed by atoms with Crippen molar-refractivity contribution in [1.82, 2.24) is 19.4 Å². The highest BCUT2D eigenvalue weighted by atomic mass is 32.2. The molecule has 2 aliphatic heterocycles. The second kappa shape index (κ2) is 9.24. The SMILES string of the molecule is CC(C)Cn1c(CN2CCC(C(C)N3CCOCC3)CC2)cnc1S(C)(=O)=O. The Morgan fingerprint density at radius 3 is 2.36 bits per heavy atom. The molecule has 2 aliphatic rings. The zero-order valence-electron chi connectivity index (χ0n) is 17.8. The Labute approximate surface area is 170 Å². The number of aromatic nitrogens is 2. The van der Waals surface area contributed by atoms with Crippen LogP contribution >= 0.6 is 0 Å². The summed E-state index contributed by atoms with van der Waals surface area (Å²) < 4.78 is 31.6. The molecule has 0 aromatic carbocycles. The molecule has 0 spiro atoms. The summed E-state index contributed by atoms with van der Waals surface area (Å²) in [6, 6.07) is 0.606. The van der Waals surface area contributed by atoms with Crippen molar-refractivity contribution in [3.8, 4) is 0 Å². The average molecular weight is 413 g/mol. The summed E-state index contributed by atoms with van der Waals surface area (Å²) in [6.07, 6.45) is 5.38. The Balaban J connectivity index is 1.60. The minimum Gasteiger partial charge on any atom is -0.379 e. The molecule has 160 valence electrons. The van der Waals surface area contributed by atoms with Gasteiger partial charge < -0.3 is 9.30 Å². The molecule has 1 aromatic rings. The number of imidazole rings is 1. The average Bonchev–Trinajstić information content (AvgIpc) is 3.04. The van der Waals surface area contributed by atoms with E-state index in [4.69, 9.17) is 4.74 Å². The Bertz CT molecular complexity index is 733. The number of likely N-dealkylation sites (tertiary alicyclic amines) is 1. The van der Waals surface area contributed by atoms with E-state index in [0.717, 1.165) is 57.5 Å². The van der Waals surface area contributed by atoms with Crippen LogP contribution in [0.1, 0.15) is 39.3 Å². The third-order valence-corrected chi connectivity index (χ3v) is 7.09. The van der Waals surface area contributed by atoms with Crippen molar-refractivity contribution in [3.05, 3.63) is 11.9 Å². The fraction of sp³-hybridized carbons (Fsp3) is 0.850. The van der Waals surface area contributed by atoms with Gasteiger partial charge in [0.25, 0.3) is 0 Å².